The molecule has 0 saturated carbocycles. The van der Waals surface area contributed by atoms with Gasteiger partial charge in [0.1, 0.15) is 0 Å². The van der Waals surface area contributed by atoms with Gasteiger partial charge in [0.15, 0.2) is 5.82 Å². The molecule has 84 valence electrons. The summed E-state index contributed by atoms with van der Waals surface area (Å²) in [5.41, 5.74) is 1.04. The molecule has 0 atom stereocenters. The molecule has 2 rings (SSSR count). The molecule has 0 saturated heterocycles. The van der Waals surface area contributed by atoms with Crippen molar-refractivity contribution >= 4 is 23.1 Å². The molecule has 0 aliphatic heterocycles. The second-order valence-electron chi connectivity index (χ2n) is 3.76. The Morgan fingerprint density at radius 2 is 2.19 bits per heavy atom. The van der Waals surface area contributed by atoms with Gasteiger partial charge in [-0.1, -0.05) is 19.1 Å². The number of aromatic nitrogens is 2. The van der Waals surface area contributed by atoms with Crippen LogP contribution in [-0.2, 0) is 11.8 Å². The standard InChI is InChI=1S/C12H15N3O/c1-3-8-15(9-16)12-10-6-4-5-7-11(10)14(2)13-12/h4-7,9H,3,8H2,1-2H3. The highest BCUT2D eigenvalue weighted by atomic mass is 16.1. The summed E-state index contributed by atoms with van der Waals surface area (Å²) in [7, 11) is 1.89. The minimum Gasteiger partial charge on any atom is -0.297 e. The monoisotopic (exact) mass is 217 g/mol. The summed E-state index contributed by atoms with van der Waals surface area (Å²) in [6, 6.07) is 7.92. The molecule has 2 aromatic rings. The summed E-state index contributed by atoms with van der Waals surface area (Å²) >= 11 is 0. The fourth-order valence-electron chi connectivity index (χ4n) is 1.86. The lowest BCUT2D eigenvalue weighted by atomic mass is 10.2. The van der Waals surface area contributed by atoms with E-state index in [2.05, 4.69) is 5.10 Å². The fraction of sp³-hybridized carbons (Fsp3) is 0.333. The van der Waals surface area contributed by atoms with E-state index < -0.39 is 0 Å². The lowest BCUT2D eigenvalue weighted by molar-refractivity contribution is -0.107. The van der Waals surface area contributed by atoms with Gasteiger partial charge in [-0.15, -0.1) is 0 Å². The van der Waals surface area contributed by atoms with E-state index in [1.165, 1.54) is 0 Å². The van der Waals surface area contributed by atoms with E-state index >= 15 is 0 Å². The summed E-state index contributed by atoms with van der Waals surface area (Å²) in [6.07, 6.45) is 1.77. The van der Waals surface area contributed by atoms with Crippen LogP contribution in [0.3, 0.4) is 0 Å². The molecule has 0 aliphatic rings. The quantitative estimate of drug-likeness (QED) is 0.734. The van der Waals surface area contributed by atoms with Crippen LogP contribution in [0.25, 0.3) is 10.9 Å². The Kier molecular flexibility index (Phi) is 2.90. The van der Waals surface area contributed by atoms with E-state index in [0.29, 0.717) is 6.54 Å². The average molecular weight is 217 g/mol. The number of hydrogen-bond donors (Lipinski definition) is 0. The van der Waals surface area contributed by atoms with Crippen LogP contribution < -0.4 is 4.90 Å². The second kappa shape index (κ2) is 4.35. The van der Waals surface area contributed by atoms with Crippen molar-refractivity contribution in [2.24, 2.45) is 7.05 Å². The Labute approximate surface area is 94.5 Å². The first-order valence-corrected chi connectivity index (χ1v) is 5.41. The number of nitrogens with zero attached hydrogens (tertiary/aromatic N) is 3. The third kappa shape index (κ3) is 1.66. The third-order valence-electron chi connectivity index (χ3n) is 2.60. The van der Waals surface area contributed by atoms with Gasteiger partial charge in [0, 0.05) is 19.0 Å². The van der Waals surface area contributed by atoms with Crippen molar-refractivity contribution in [1.29, 1.82) is 0 Å². The number of para-hydroxylation sites is 1. The fourth-order valence-corrected chi connectivity index (χ4v) is 1.86. The molecule has 16 heavy (non-hydrogen) atoms. The maximum atomic E-state index is 11.0. The lowest BCUT2D eigenvalue weighted by Crippen LogP contribution is -2.22. The number of fused-ring (bicyclic) bond motifs is 1. The summed E-state index contributed by atoms with van der Waals surface area (Å²) in [4.78, 5) is 12.7. The maximum Gasteiger partial charge on any atom is 0.215 e. The molecule has 0 radical (unpaired) electrons. The molecule has 0 aliphatic carbocycles. The predicted octanol–water partition coefficient (Wildman–Crippen LogP) is 1.95. The average Bonchev–Trinajstić information content (AvgIpc) is 2.65. The SMILES string of the molecule is CCCN(C=O)c1nn(C)c2ccccc12. The number of benzene rings is 1. The summed E-state index contributed by atoms with van der Waals surface area (Å²) in [6.45, 7) is 2.74. The Bertz CT molecular complexity index is 504. The highest BCUT2D eigenvalue weighted by molar-refractivity contribution is 5.95. The topological polar surface area (TPSA) is 38.1 Å². The maximum absolute atomic E-state index is 11.0. The minimum absolute atomic E-state index is 0.699. The molecule has 4 nitrogen and oxygen atoms in total. The molecule has 1 aromatic heterocycles. The zero-order chi connectivity index (χ0) is 11.5. The van der Waals surface area contributed by atoms with Crippen LogP contribution in [0.4, 0.5) is 5.82 Å². The van der Waals surface area contributed by atoms with Gasteiger partial charge in [-0.2, -0.15) is 5.10 Å². The normalized spacial score (nSPS) is 10.6. The van der Waals surface area contributed by atoms with Crippen LogP contribution in [0.15, 0.2) is 24.3 Å². The van der Waals surface area contributed by atoms with Crippen LogP contribution in [0.5, 0.6) is 0 Å². The molecule has 1 aromatic carbocycles. The van der Waals surface area contributed by atoms with Gasteiger partial charge >= 0.3 is 0 Å². The van der Waals surface area contributed by atoms with Gasteiger partial charge in [-0.05, 0) is 18.6 Å². The Balaban J connectivity index is 2.55. The molecule has 1 amide bonds. The summed E-state index contributed by atoms with van der Waals surface area (Å²) in [5, 5.41) is 5.41. The molecule has 0 spiro atoms. The molecular weight excluding hydrogens is 202 g/mol. The molecule has 0 N–H and O–H groups in total. The summed E-state index contributed by atoms with van der Waals surface area (Å²) < 4.78 is 1.80. The molecule has 0 unspecified atom stereocenters. The van der Waals surface area contributed by atoms with E-state index in [1.54, 1.807) is 9.58 Å². The number of aryl methyl sites for hydroxylation is 1. The van der Waals surface area contributed by atoms with E-state index in [1.807, 2.05) is 38.2 Å². The zero-order valence-corrected chi connectivity index (χ0v) is 9.55. The van der Waals surface area contributed by atoms with Crippen molar-refractivity contribution in [3.8, 4) is 0 Å². The van der Waals surface area contributed by atoms with Gasteiger partial charge in [-0.3, -0.25) is 14.4 Å². The van der Waals surface area contributed by atoms with Gasteiger partial charge < -0.3 is 0 Å². The smallest absolute Gasteiger partial charge is 0.215 e. The Hall–Kier alpha value is -1.84. The number of rotatable bonds is 4. The first-order chi connectivity index (χ1) is 7.77. The molecular formula is C12H15N3O. The molecule has 4 heteroatoms. The first-order valence-electron chi connectivity index (χ1n) is 5.41. The minimum atomic E-state index is 0.699. The van der Waals surface area contributed by atoms with Gasteiger partial charge in [0.2, 0.25) is 6.41 Å². The van der Waals surface area contributed by atoms with Crippen molar-refractivity contribution in [3.63, 3.8) is 0 Å². The first kappa shape index (κ1) is 10.7. The van der Waals surface area contributed by atoms with Crippen LogP contribution >= 0.6 is 0 Å². The zero-order valence-electron chi connectivity index (χ0n) is 9.55. The number of carbonyl (C=O) groups is 1. The van der Waals surface area contributed by atoms with Crippen molar-refractivity contribution in [1.82, 2.24) is 9.78 Å². The highest BCUT2D eigenvalue weighted by Crippen LogP contribution is 2.24. The van der Waals surface area contributed by atoms with Crippen molar-refractivity contribution < 1.29 is 4.79 Å². The van der Waals surface area contributed by atoms with Gasteiger partial charge in [0.25, 0.3) is 0 Å². The van der Waals surface area contributed by atoms with Crippen LogP contribution in [0.1, 0.15) is 13.3 Å². The lowest BCUT2D eigenvalue weighted by Gasteiger charge is -2.12. The van der Waals surface area contributed by atoms with Gasteiger partial charge in [0.05, 0.1) is 5.52 Å². The van der Waals surface area contributed by atoms with Crippen LogP contribution in [0.2, 0.25) is 0 Å². The van der Waals surface area contributed by atoms with E-state index in [4.69, 9.17) is 0 Å². The summed E-state index contributed by atoms with van der Waals surface area (Å²) in [5.74, 6) is 0.745. The van der Waals surface area contributed by atoms with Crippen molar-refractivity contribution in [2.75, 3.05) is 11.4 Å². The Morgan fingerprint density at radius 1 is 1.44 bits per heavy atom. The number of anilines is 1. The largest absolute Gasteiger partial charge is 0.297 e. The second-order valence-corrected chi connectivity index (χ2v) is 3.76. The van der Waals surface area contributed by atoms with Crippen molar-refractivity contribution in [3.05, 3.63) is 24.3 Å². The molecule has 0 fully saturated rings. The van der Waals surface area contributed by atoms with Crippen LogP contribution in [-0.4, -0.2) is 22.7 Å². The van der Waals surface area contributed by atoms with E-state index in [0.717, 1.165) is 29.6 Å². The number of carbonyl (C=O) groups excluding carboxylic acids is 1. The predicted molar refractivity (Wildman–Crippen MR) is 64.4 cm³/mol. The van der Waals surface area contributed by atoms with Gasteiger partial charge in [-0.25, -0.2) is 0 Å². The molecule has 1 heterocycles. The van der Waals surface area contributed by atoms with E-state index in [-0.39, 0.29) is 0 Å². The molecule has 0 bridgehead atoms. The van der Waals surface area contributed by atoms with Crippen molar-refractivity contribution in [2.45, 2.75) is 13.3 Å². The third-order valence-corrected chi connectivity index (χ3v) is 2.60. The number of hydrogen-bond acceptors (Lipinski definition) is 2. The highest BCUT2D eigenvalue weighted by Gasteiger charge is 2.13. The van der Waals surface area contributed by atoms with Crippen LogP contribution in [0, 0.1) is 0 Å². The van der Waals surface area contributed by atoms with E-state index in [9.17, 15) is 4.79 Å². The number of amides is 1. The Morgan fingerprint density at radius 3 is 2.88 bits per heavy atom.